The van der Waals surface area contributed by atoms with Crippen LogP contribution in [0.25, 0.3) is 28.0 Å². The van der Waals surface area contributed by atoms with Gasteiger partial charge in [0.2, 0.25) is 0 Å². The van der Waals surface area contributed by atoms with Crippen molar-refractivity contribution >= 4 is 16.8 Å². The van der Waals surface area contributed by atoms with E-state index in [9.17, 15) is 0 Å². The maximum atomic E-state index is 7.25. The Kier molecular flexibility index (Phi) is 4.37. The third-order valence-electron chi connectivity index (χ3n) is 7.42. The molecule has 7 rings (SSSR count). The molecule has 0 saturated heterocycles. The number of hydrogen-bond acceptors (Lipinski definition) is 2. The molecule has 2 nitrogen and oxygen atoms in total. The molecule has 5 aromatic rings. The van der Waals surface area contributed by atoms with E-state index in [4.69, 9.17) is 9.47 Å². The van der Waals surface area contributed by atoms with Crippen LogP contribution in [0.3, 0.4) is 0 Å². The third kappa shape index (κ3) is 2.90. The predicted molar refractivity (Wildman–Crippen MR) is 142 cm³/mol. The van der Waals surface area contributed by atoms with E-state index in [1.165, 1.54) is 27.6 Å². The molecule has 168 valence electrons. The van der Waals surface area contributed by atoms with E-state index in [1.54, 1.807) is 7.11 Å². The minimum atomic E-state index is -0.715. The molecule has 35 heavy (non-hydrogen) atoms. The van der Waals surface area contributed by atoms with Gasteiger partial charge in [0.05, 0.1) is 7.11 Å². The van der Waals surface area contributed by atoms with Gasteiger partial charge in [0.15, 0.2) is 5.60 Å². The van der Waals surface area contributed by atoms with Gasteiger partial charge in [-0.15, -0.1) is 0 Å². The Morgan fingerprint density at radius 2 is 1.43 bits per heavy atom. The molecule has 0 unspecified atom stereocenters. The van der Waals surface area contributed by atoms with E-state index in [0.717, 1.165) is 40.0 Å². The fourth-order valence-corrected chi connectivity index (χ4v) is 5.76. The van der Waals surface area contributed by atoms with E-state index in [1.807, 2.05) is 0 Å². The van der Waals surface area contributed by atoms with Crippen LogP contribution in [0.15, 0.2) is 109 Å². The molecule has 0 radical (unpaired) electrons. The van der Waals surface area contributed by atoms with Gasteiger partial charge in [-0.2, -0.15) is 0 Å². The minimum absolute atomic E-state index is 0.715. The second-order valence-corrected chi connectivity index (χ2v) is 9.24. The molecule has 1 aliphatic heterocycles. The van der Waals surface area contributed by atoms with Gasteiger partial charge in [0, 0.05) is 22.3 Å². The van der Waals surface area contributed by atoms with E-state index in [-0.39, 0.29) is 0 Å². The average Bonchev–Trinajstić information content (AvgIpc) is 3.33. The fraction of sp³-hybridized carbons (Fsp3) is 0.0909. The molecule has 0 N–H and O–H groups in total. The highest BCUT2D eigenvalue weighted by Crippen LogP contribution is 2.54. The number of rotatable bonds is 3. The molecule has 2 aliphatic rings. The molecular weight excluding hydrogens is 428 g/mol. The zero-order valence-electron chi connectivity index (χ0n) is 19.5. The van der Waals surface area contributed by atoms with Crippen molar-refractivity contribution in [3.05, 3.63) is 137 Å². The van der Waals surface area contributed by atoms with Crippen molar-refractivity contribution in [2.45, 2.75) is 12.0 Å². The lowest BCUT2D eigenvalue weighted by Crippen LogP contribution is -2.34. The Bertz CT molecular complexity index is 1570. The summed E-state index contributed by atoms with van der Waals surface area (Å²) >= 11 is 0. The highest BCUT2D eigenvalue weighted by Gasteiger charge is 2.40. The Hall–Kier alpha value is -4.30. The molecular formula is C33H24O2. The first-order valence-electron chi connectivity index (χ1n) is 12.0. The van der Waals surface area contributed by atoms with Crippen molar-refractivity contribution in [1.82, 2.24) is 0 Å². The molecule has 0 amide bonds. The van der Waals surface area contributed by atoms with Crippen LogP contribution in [0.5, 0.6) is 11.5 Å². The van der Waals surface area contributed by atoms with Crippen molar-refractivity contribution in [2.24, 2.45) is 0 Å². The smallest absolute Gasteiger partial charge is 0.178 e. The molecule has 5 aromatic carbocycles. The van der Waals surface area contributed by atoms with Crippen molar-refractivity contribution in [1.29, 1.82) is 0 Å². The summed E-state index contributed by atoms with van der Waals surface area (Å²) in [5.74, 6) is 1.80. The van der Waals surface area contributed by atoms with Gasteiger partial charge in [-0.25, -0.2) is 0 Å². The van der Waals surface area contributed by atoms with E-state index >= 15 is 0 Å². The SMILES string of the molecule is COc1ccc2c3c(c4c(c2c1)C=CC(c1ccccc1)(c1ccccc1)O4)-c1ccccc1C3. The lowest BCUT2D eigenvalue weighted by molar-refractivity contribution is 0.162. The van der Waals surface area contributed by atoms with Crippen LogP contribution in [-0.4, -0.2) is 7.11 Å². The van der Waals surface area contributed by atoms with Gasteiger partial charge < -0.3 is 9.47 Å². The fourth-order valence-electron chi connectivity index (χ4n) is 5.76. The summed E-state index contributed by atoms with van der Waals surface area (Å²) in [5, 5.41) is 2.42. The van der Waals surface area contributed by atoms with Crippen LogP contribution >= 0.6 is 0 Å². The van der Waals surface area contributed by atoms with Gasteiger partial charge >= 0.3 is 0 Å². The van der Waals surface area contributed by atoms with Crippen molar-refractivity contribution in [3.8, 4) is 22.6 Å². The monoisotopic (exact) mass is 452 g/mol. The topological polar surface area (TPSA) is 18.5 Å². The first-order valence-corrected chi connectivity index (χ1v) is 12.0. The minimum Gasteiger partial charge on any atom is -0.497 e. The first-order chi connectivity index (χ1) is 17.3. The lowest BCUT2D eigenvalue weighted by atomic mass is 9.82. The van der Waals surface area contributed by atoms with Gasteiger partial charge in [-0.3, -0.25) is 0 Å². The van der Waals surface area contributed by atoms with Gasteiger partial charge in [-0.05, 0) is 58.2 Å². The molecule has 1 heterocycles. The number of benzene rings is 5. The first kappa shape index (κ1) is 20.1. The number of ether oxygens (including phenoxy) is 2. The summed E-state index contributed by atoms with van der Waals surface area (Å²) in [6.07, 6.45) is 5.37. The summed E-state index contributed by atoms with van der Waals surface area (Å²) in [6.45, 7) is 0. The van der Waals surface area contributed by atoms with Crippen LogP contribution in [0, 0.1) is 0 Å². The molecule has 0 fully saturated rings. The zero-order valence-corrected chi connectivity index (χ0v) is 19.5. The molecule has 0 atom stereocenters. The summed E-state index contributed by atoms with van der Waals surface area (Å²) in [7, 11) is 1.72. The van der Waals surface area contributed by atoms with E-state index in [0.29, 0.717) is 0 Å². The van der Waals surface area contributed by atoms with Crippen LogP contribution in [-0.2, 0) is 12.0 Å². The summed E-state index contributed by atoms with van der Waals surface area (Å²) in [5.41, 5.74) is 7.77. The van der Waals surface area contributed by atoms with Crippen LogP contribution in [0.1, 0.15) is 27.8 Å². The molecule has 0 bridgehead atoms. The lowest BCUT2D eigenvalue weighted by Gasteiger charge is -2.37. The molecule has 2 heteroatoms. The van der Waals surface area contributed by atoms with Gasteiger partial charge in [0.25, 0.3) is 0 Å². The highest BCUT2D eigenvalue weighted by molar-refractivity contribution is 6.05. The van der Waals surface area contributed by atoms with Crippen molar-refractivity contribution < 1.29 is 9.47 Å². The summed E-state index contributed by atoms with van der Waals surface area (Å²) in [4.78, 5) is 0. The Morgan fingerprint density at radius 3 is 2.14 bits per heavy atom. The second-order valence-electron chi connectivity index (χ2n) is 9.24. The van der Waals surface area contributed by atoms with E-state index < -0.39 is 5.60 Å². The molecule has 0 spiro atoms. The maximum Gasteiger partial charge on any atom is 0.178 e. The quantitative estimate of drug-likeness (QED) is 0.273. The summed E-state index contributed by atoms with van der Waals surface area (Å²) < 4.78 is 12.9. The van der Waals surface area contributed by atoms with Crippen LogP contribution < -0.4 is 9.47 Å². The van der Waals surface area contributed by atoms with Gasteiger partial charge in [0.1, 0.15) is 11.5 Å². The number of fused-ring (bicyclic) bond motifs is 8. The predicted octanol–water partition coefficient (Wildman–Crippen LogP) is 7.77. The normalized spacial score (nSPS) is 14.7. The Morgan fingerprint density at radius 1 is 0.743 bits per heavy atom. The average molecular weight is 453 g/mol. The third-order valence-corrected chi connectivity index (χ3v) is 7.42. The second kappa shape index (κ2) is 7.61. The number of hydrogen-bond donors (Lipinski definition) is 0. The largest absolute Gasteiger partial charge is 0.497 e. The van der Waals surface area contributed by atoms with Crippen molar-refractivity contribution in [2.75, 3.05) is 7.11 Å². The Balaban J connectivity index is 1.57. The zero-order chi connectivity index (χ0) is 23.4. The summed E-state index contributed by atoms with van der Waals surface area (Å²) in [6, 6.07) is 36.2. The molecule has 0 saturated carbocycles. The Labute approximate surface area is 205 Å². The number of methoxy groups -OCH3 is 1. The highest BCUT2D eigenvalue weighted by atomic mass is 16.5. The van der Waals surface area contributed by atoms with Crippen LogP contribution in [0.2, 0.25) is 0 Å². The molecule has 1 aliphatic carbocycles. The standard InChI is InChI=1S/C33H24O2/c1-34-25-16-17-27-29(21-25)28-18-19-33(23-11-4-2-5-12-23,24-13-6-3-7-14-24)35-32(28)31-26-15-9-8-10-22(26)20-30(27)31/h2-19,21H,20H2,1H3. The van der Waals surface area contributed by atoms with Crippen LogP contribution in [0.4, 0.5) is 0 Å². The van der Waals surface area contributed by atoms with Gasteiger partial charge in [-0.1, -0.05) is 91.0 Å². The molecule has 0 aromatic heterocycles. The maximum absolute atomic E-state index is 7.25. The van der Waals surface area contributed by atoms with Crippen molar-refractivity contribution in [3.63, 3.8) is 0 Å². The van der Waals surface area contributed by atoms with E-state index in [2.05, 4.69) is 115 Å².